The minimum atomic E-state index is -0.666. The molecule has 24 heavy (non-hydrogen) atoms. The summed E-state index contributed by atoms with van der Waals surface area (Å²) >= 11 is 0. The molecule has 1 heterocycles. The molecule has 0 atom stereocenters. The molecule has 0 bridgehead atoms. The summed E-state index contributed by atoms with van der Waals surface area (Å²) in [6.07, 6.45) is 4.98. The number of ether oxygens (including phenoxy) is 1. The number of carbonyl (C=O) groups excluding carboxylic acids is 1. The van der Waals surface area contributed by atoms with Gasteiger partial charge in [-0.05, 0) is 44.7 Å². The third-order valence-corrected chi connectivity index (χ3v) is 4.88. The normalized spacial score (nSPS) is 18.6. The maximum absolute atomic E-state index is 14.5. The minimum Gasteiger partial charge on any atom is -0.462 e. The molecule has 126 valence electrons. The number of carbonyl (C=O) groups is 1. The Morgan fingerprint density at radius 2 is 2.12 bits per heavy atom. The molecule has 0 saturated heterocycles. The lowest BCUT2D eigenvalue weighted by atomic mass is 10.0. The predicted molar refractivity (Wildman–Crippen MR) is 87.5 cm³/mol. The van der Waals surface area contributed by atoms with Gasteiger partial charge >= 0.3 is 5.97 Å². The molecule has 2 aliphatic carbocycles. The summed E-state index contributed by atoms with van der Waals surface area (Å²) in [4.78, 5) is 24.7. The van der Waals surface area contributed by atoms with Gasteiger partial charge in [0.15, 0.2) is 0 Å². The average molecular weight is 330 g/mol. The van der Waals surface area contributed by atoms with E-state index in [1.165, 1.54) is 6.07 Å². The molecular formula is C18H19FN2O3. The van der Waals surface area contributed by atoms with Crippen LogP contribution in [0, 0.1) is 5.82 Å². The fourth-order valence-electron chi connectivity index (χ4n) is 3.16. The van der Waals surface area contributed by atoms with Crippen LogP contribution >= 0.6 is 0 Å². The Morgan fingerprint density at radius 1 is 1.42 bits per heavy atom. The van der Waals surface area contributed by atoms with Crippen LogP contribution in [0.4, 0.5) is 4.39 Å². The van der Waals surface area contributed by atoms with Crippen molar-refractivity contribution < 1.29 is 13.9 Å². The summed E-state index contributed by atoms with van der Waals surface area (Å²) in [6.45, 7) is 1.86. The van der Waals surface area contributed by atoms with Crippen LogP contribution in [0.5, 0.6) is 0 Å². The smallest absolute Gasteiger partial charge is 0.343 e. The summed E-state index contributed by atoms with van der Waals surface area (Å²) in [6, 6.07) is 3.14. The van der Waals surface area contributed by atoms with Gasteiger partial charge in [0, 0.05) is 28.7 Å². The monoisotopic (exact) mass is 330 g/mol. The first-order valence-corrected chi connectivity index (χ1v) is 8.29. The fraction of sp³-hybridized carbons (Fsp3) is 0.444. The van der Waals surface area contributed by atoms with Gasteiger partial charge in [-0.2, -0.15) is 0 Å². The third-order valence-electron chi connectivity index (χ3n) is 4.88. The van der Waals surface area contributed by atoms with Crippen LogP contribution < -0.4 is 11.2 Å². The van der Waals surface area contributed by atoms with Crippen molar-refractivity contribution in [2.45, 2.75) is 44.2 Å². The number of hydrogen-bond donors (Lipinski definition) is 1. The number of nitrogens with zero attached hydrogens (tertiary/aromatic N) is 1. The van der Waals surface area contributed by atoms with Crippen LogP contribution in [0.3, 0.4) is 0 Å². The first-order chi connectivity index (χ1) is 11.4. The van der Waals surface area contributed by atoms with Gasteiger partial charge in [0.05, 0.1) is 12.1 Å². The fourth-order valence-corrected chi connectivity index (χ4v) is 3.16. The van der Waals surface area contributed by atoms with Gasteiger partial charge in [0.2, 0.25) is 5.43 Å². The molecule has 2 aromatic rings. The second-order valence-electron chi connectivity index (χ2n) is 6.74. The highest BCUT2D eigenvalue weighted by Gasteiger charge is 2.42. The summed E-state index contributed by atoms with van der Waals surface area (Å²) in [5.74, 6) is -1.15. The van der Waals surface area contributed by atoms with Crippen molar-refractivity contribution in [3.63, 3.8) is 0 Å². The van der Waals surface area contributed by atoms with E-state index in [1.807, 2.05) is 4.57 Å². The van der Waals surface area contributed by atoms with Crippen LogP contribution in [0.25, 0.3) is 10.9 Å². The molecule has 2 saturated carbocycles. The number of aromatic nitrogens is 1. The Balaban J connectivity index is 1.98. The molecule has 2 N–H and O–H groups in total. The zero-order valence-corrected chi connectivity index (χ0v) is 13.5. The second kappa shape index (κ2) is 5.14. The molecule has 2 aliphatic rings. The van der Waals surface area contributed by atoms with Crippen LogP contribution in [-0.4, -0.2) is 17.1 Å². The Labute approximate surface area is 138 Å². The quantitative estimate of drug-likeness (QED) is 0.875. The molecule has 0 spiro atoms. The Morgan fingerprint density at radius 3 is 2.71 bits per heavy atom. The molecule has 0 aliphatic heterocycles. The molecule has 0 unspecified atom stereocenters. The maximum Gasteiger partial charge on any atom is 0.343 e. The largest absolute Gasteiger partial charge is 0.462 e. The summed E-state index contributed by atoms with van der Waals surface area (Å²) in [7, 11) is 0. The first kappa shape index (κ1) is 15.3. The summed E-state index contributed by atoms with van der Waals surface area (Å²) < 4.78 is 21.4. The van der Waals surface area contributed by atoms with Gasteiger partial charge in [-0.3, -0.25) is 4.79 Å². The van der Waals surface area contributed by atoms with Crippen molar-refractivity contribution >= 4 is 16.9 Å². The lowest BCUT2D eigenvalue weighted by Crippen LogP contribution is -2.24. The number of rotatable bonds is 4. The summed E-state index contributed by atoms with van der Waals surface area (Å²) in [5.41, 5.74) is 6.09. The zero-order chi connectivity index (χ0) is 17.1. The molecule has 1 aromatic heterocycles. The molecule has 4 rings (SSSR count). The van der Waals surface area contributed by atoms with Gasteiger partial charge in [-0.1, -0.05) is 0 Å². The zero-order valence-electron chi connectivity index (χ0n) is 13.5. The summed E-state index contributed by atoms with van der Waals surface area (Å²) in [5, 5.41) is 0.206. The van der Waals surface area contributed by atoms with E-state index in [2.05, 4.69) is 0 Å². The number of benzene rings is 1. The Bertz CT molecular complexity index is 911. The van der Waals surface area contributed by atoms with Gasteiger partial charge < -0.3 is 15.0 Å². The van der Waals surface area contributed by atoms with Crippen molar-refractivity contribution in [3.8, 4) is 0 Å². The van der Waals surface area contributed by atoms with Crippen molar-refractivity contribution in [1.29, 1.82) is 0 Å². The second-order valence-corrected chi connectivity index (χ2v) is 6.74. The van der Waals surface area contributed by atoms with E-state index in [-0.39, 0.29) is 23.6 Å². The standard InChI is InChI=1S/C18H19FN2O3/c1-2-24-17(23)12-9-21(10-3-4-10)15-8-13(18(20)5-6-18)14(19)7-11(15)16(12)22/h7-10H,2-6,20H2,1H3. The number of nitrogens with two attached hydrogens (primary N) is 1. The van der Waals surface area contributed by atoms with Crippen LogP contribution in [0.15, 0.2) is 23.1 Å². The molecule has 6 heteroatoms. The average Bonchev–Trinajstić information content (AvgIpc) is 3.45. The number of fused-ring (bicyclic) bond motifs is 1. The molecule has 0 amide bonds. The molecule has 2 fully saturated rings. The highest BCUT2D eigenvalue weighted by molar-refractivity contribution is 5.94. The van der Waals surface area contributed by atoms with Gasteiger partial charge in [-0.25, -0.2) is 9.18 Å². The number of pyridine rings is 1. The first-order valence-electron chi connectivity index (χ1n) is 8.29. The van der Waals surface area contributed by atoms with E-state index in [1.54, 1.807) is 19.2 Å². The topological polar surface area (TPSA) is 74.3 Å². The van der Waals surface area contributed by atoms with Crippen molar-refractivity contribution in [3.05, 3.63) is 45.5 Å². The van der Waals surface area contributed by atoms with Crippen LogP contribution in [0.2, 0.25) is 0 Å². The highest BCUT2D eigenvalue weighted by Crippen LogP contribution is 2.45. The minimum absolute atomic E-state index is 0.0442. The number of hydrogen-bond acceptors (Lipinski definition) is 4. The van der Waals surface area contributed by atoms with E-state index in [0.29, 0.717) is 11.1 Å². The van der Waals surface area contributed by atoms with E-state index < -0.39 is 22.8 Å². The molecule has 0 radical (unpaired) electrons. The lowest BCUT2D eigenvalue weighted by Gasteiger charge is -2.16. The third kappa shape index (κ3) is 2.33. The van der Waals surface area contributed by atoms with Gasteiger partial charge in [-0.15, -0.1) is 0 Å². The van der Waals surface area contributed by atoms with E-state index in [9.17, 15) is 14.0 Å². The van der Waals surface area contributed by atoms with Crippen molar-refractivity contribution in [2.24, 2.45) is 5.73 Å². The van der Waals surface area contributed by atoms with Crippen molar-refractivity contribution in [1.82, 2.24) is 4.57 Å². The number of esters is 1. The molecule has 5 nitrogen and oxygen atoms in total. The van der Waals surface area contributed by atoms with Gasteiger partial charge in [0.1, 0.15) is 11.4 Å². The predicted octanol–water partition coefficient (Wildman–Crippen LogP) is 2.60. The van der Waals surface area contributed by atoms with Crippen LogP contribution in [0.1, 0.15) is 54.6 Å². The van der Waals surface area contributed by atoms with Crippen LogP contribution in [-0.2, 0) is 10.3 Å². The highest BCUT2D eigenvalue weighted by atomic mass is 19.1. The van der Waals surface area contributed by atoms with E-state index in [0.717, 1.165) is 25.7 Å². The van der Waals surface area contributed by atoms with E-state index in [4.69, 9.17) is 10.5 Å². The Kier molecular flexibility index (Phi) is 3.28. The lowest BCUT2D eigenvalue weighted by molar-refractivity contribution is 0.0524. The van der Waals surface area contributed by atoms with Crippen molar-refractivity contribution in [2.75, 3.05) is 6.61 Å². The van der Waals surface area contributed by atoms with Gasteiger partial charge in [0.25, 0.3) is 0 Å². The molecular weight excluding hydrogens is 311 g/mol. The SMILES string of the molecule is CCOC(=O)c1cn(C2CC2)c2cc(C3(N)CC3)c(F)cc2c1=O. The number of halogens is 1. The maximum atomic E-state index is 14.5. The van der Waals surface area contributed by atoms with E-state index >= 15 is 0 Å². The molecule has 1 aromatic carbocycles. The Hall–Kier alpha value is -2.21.